The highest BCUT2D eigenvalue weighted by Gasteiger charge is 2.00. The number of halogens is 2. The lowest BCUT2D eigenvalue weighted by molar-refractivity contribution is 0.603. The van der Waals surface area contributed by atoms with Crippen LogP contribution in [0.5, 0.6) is 0 Å². The zero-order chi connectivity index (χ0) is 8.27. The van der Waals surface area contributed by atoms with E-state index in [9.17, 15) is 8.78 Å². The van der Waals surface area contributed by atoms with Gasteiger partial charge >= 0.3 is 0 Å². The van der Waals surface area contributed by atoms with Crippen molar-refractivity contribution in [3.8, 4) is 0 Å². The lowest BCUT2D eigenvalue weighted by Crippen LogP contribution is -1.97. The summed E-state index contributed by atoms with van der Waals surface area (Å²) in [4.78, 5) is 0. The van der Waals surface area contributed by atoms with Crippen molar-refractivity contribution in [2.75, 3.05) is 11.2 Å². The first-order valence-electron chi connectivity index (χ1n) is 3.04. The second-order valence-corrected chi connectivity index (χ2v) is 2.28. The topological polar surface area (TPSA) is 12.0 Å². The van der Waals surface area contributed by atoms with Crippen LogP contribution in [0.25, 0.3) is 0 Å². The van der Waals surface area contributed by atoms with Gasteiger partial charge < -0.3 is 5.32 Å². The molecule has 0 bridgehead atoms. The standard InChI is InChI=1S/C7H7F2NS/c8-5-1-2-6(9)7(3-5)10-4-11/h1-3,10-11H,4H2. The Bertz CT molecular complexity index is 252. The van der Waals surface area contributed by atoms with Gasteiger partial charge in [-0.05, 0) is 18.2 Å². The summed E-state index contributed by atoms with van der Waals surface area (Å²) >= 11 is 3.81. The zero-order valence-electron chi connectivity index (χ0n) is 5.64. The molecule has 0 fully saturated rings. The summed E-state index contributed by atoms with van der Waals surface area (Å²) in [5, 5.41) is 2.57. The Morgan fingerprint density at radius 2 is 2.09 bits per heavy atom. The van der Waals surface area contributed by atoms with Gasteiger partial charge in [-0.15, -0.1) is 0 Å². The monoisotopic (exact) mass is 175 g/mol. The van der Waals surface area contributed by atoms with Crippen LogP contribution in [0.15, 0.2) is 18.2 Å². The number of anilines is 1. The Labute approximate surface area is 68.8 Å². The Morgan fingerprint density at radius 3 is 2.73 bits per heavy atom. The lowest BCUT2D eigenvalue weighted by Gasteiger charge is -2.02. The van der Waals surface area contributed by atoms with Crippen molar-refractivity contribution in [1.82, 2.24) is 0 Å². The van der Waals surface area contributed by atoms with E-state index in [4.69, 9.17) is 0 Å². The van der Waals surface area contributed by atoms with E-state index in [1.165, 1.54) is 0 Å². The average Bonchev–Trinajstić information content (AvgIpc) is 1.98. The van der Waals surface area contributed by atoms with E-state index in [2.05, 4.69) is 17.9 Å². The van der Waals surface area contributed by atoms with E-state index in [-0.39, 0.29) is 11.6 Å². The number of thiol groups is 1. The number of hydrogen-bond acceptors (Lipinski definition) is 2. The molecule has 0 amide bonds. The third-order valence-electron chi connectivity index (χ3n) is 1.20. The van der Waals surface area contributed by atoms with Gasteiger partial charge in [0.25, 0.3) is 0 Å². The van der Waals surface area contributed by atoms with E-state index >= 15 is 0 Å². The molecule has 0 aliphatic heterocycles. The van der Waals surface area contributed by atoms with Gasteiger partial charge in [-0.1, -0.05) is 0 Å². The Kier molecular flexibility index (Phi) is 2.70. The van der Waals surface area contributed by atoms with Crippen molar-refractivity contribution in [2.24, 2.45) is 0 Å². The maximum atomic E-state index is 12.7. The highest BCUT2D eigenvalue weighted by Crippen LogP contribution is 2.14. The molecule has 1 rings (SSSR count). The fraction of sp³-hybridized carbons (Fsp3) is 0.143. The maximum Gasteiger partial charge on any atom is 0.146 e. The van der Waals surface area contributed by atoms with Gasteiger partial charge in [-0.25, -0.2) is 8.78 Å². The quantitative estimate of drug-likeness (QED) is 0.519. The first kappa shape index (κ1) is 8.33. The smallest absolute Gasteiger partial charge is 0.146 e. The van der Waals surface area contributed by atoms with E-state index in [0.717, 1.165) is 18.2 Å². The van der Waals surface area contributed by atoms with Gasteiger partial charge in [-0.2, -0.15) is 12.6 Å². The van der Waals surface area contributed by atoms with Gasteiger partial charge in [0.15, 0.2) is 0 Å². The van der Waals surface area contributed by atoms with E-state index in [0.29, 0.717) is 0 Å². The molecule has 4 heteroatoms. The average molecular weight is 175 g/mol. The van der Waals surface area contributed by atoms with Crippen molar-refractivity contribution in [1.29, 1.82) is 0 Å². The van der Waals surface area contributed by atoms with Crippen LogP contribution in [-0.2, 0) is 0 Å². The van der Waals surface area contributed by atoms with Crippen LogP contribution in [0.4, 0.5) is 14.5 Å². The van der Waals surface area contributed by atoms with Crippen molar-refractivity contribution >= 4 is 18.3 Å². The molecule has 1 N–H and O–H groups in total. The molecular formula is C7H7F2NS. The Hall–Kier alpha value is -0.770. The molecule has 0 unspecified atom stereocenters. The first-order chi connectivity index (χ1) is 5.24. The van der Waals surface area contributed by atoms with E-state index < -0.39 is 11.6 Å². The lowest BCUT2D eigenvalue weighted by atomic mass is 10.3. The molecule has 1 aromatic rings. The number of benzene rings is 1. The van der Waals surface area contributed by atoms with E-state index in [1.807, 2.05) is 0 Å². The summed E-state index contributed by atoms with van der Waals surface area (Å²) in [6.07, 6.45) is 0. The minimum Gasteiger partial charge on any atom is -0.374 e. The first-order valence-corrected chi connectivity index (χ1v) is 3.67. The third kappa shape index (κ3) is 2.08. The molecule has 0 saturated heterocycles. The molecule has 0 aliphatic rings. The van der Waals surface area contributed by atoms with Gasteiger partial charge in [0.1, 0.15) is 11.6 Å². The van der Waals surface area contributed by atoms with Crippen LogP contribution in [0.2, 0.25) is 0 Å². The highest BCUT2D eigenvalue weighted by molar-refractivity contribution is 7.80. The van der Waals surface area contributed by atoms with Crippen LogP contribution in [0.1, 0.15) is 0 Å². The largest absolute Gasteiger partial charge is 0.374 e. The normalized spacial score (nSPS) is 9.73. The molecule has 1 aromatic carbocycles. The molecule has 0 heterocycles. The summed E-state index contributed by atoms with van der Waals surface area (Å²) in [5.74, 6) is -0.656. The van der Waals surface area contributed by atoms with Crippen molar-refractivity contribution in [3.63, 3.8) is 0 Å². The van der Waals surface area contributed by atoms with Crippen LogP contribution in [0, 0.1) is 11.6 Å². The molecule has 0 radical (unpaired) electrons. The fourth-order valence-corrected chi connectivity index (χ4v) is 0.888. The van der Waals surface area contributed by atoms with Gasteiger partial charge in [0.2, 0.25) is 0 Å². The summed E-state index contributed by atoms with van der Waals surface area (Å²) in [5.41, 5.74) is 0.139. The molecule has 11 heavy (non-hydrogen) atoms. The molecule has 0 atom stereocenters. The molecular weight excluding hydrogens is 168 g/mol. The number of rotatable bonds is 2. The Balaban J connectivity index is 2.93. The molecule has 1 nitrogen and oxygen atoms in total. The maximum absolute atomic E-state index is 12.7. The second kappa shape index (κ2) is 3.57. The van der Waals surface area contributed by atoms with Crippen LogP contribution >= 0.6 is 12.6 Å². The SMILES string of the molecule is Fc1ccc(F)c(NCS)c1. The van der Waals surface area contributed by atoms with E-state index in [1.54, 1.807) is 0 Å². The van der Waals surface area contributed by atoms with Crippen LogP contribution in [0.3, 0.4) is 0 Å². The van der Waals surface area contributed by atoms with Crippen LogP contribution in [-0.4, -0.2) is 5.88 Å². The van der Waals surface area contributed by atoms with Gasteiger partial charge in [-0.3, -0.25) is 0 Å². The molecule has 60 valence electrons. The summed E-state index contributed by atoms with van der Waals surface area (Å²) in [6.45, 7) is 0. The minimum atomic E-state index is -0.472. The van der Waals surface area contributed by atoms with Crippen molar-refractivity contribution < 1.29 is 8.78 Å². The fourth-order valence-electron chi connectivity index (χ4n) is 0.718. The zero-order valence-corrected chi connectivity index (χ0v) is 6.54. The Morgan fingerprint density at radius 1 is 1.36 bits per heavy atom. The van der Waals surface area contributed by atoms with Crippen LogP contribution < -0.4 is 5.32 Å². The highest BCUT2D eigenvalue weighted by atomic mass is 32.1. The molecule has 0 aromatic heterocycles. The third-order valence-corrected chi connectivity index (χ3v) is 1.36. The van der Waals surface area contributed by atoms with Crippen molar-refractivity contribution in [3.05, 3.63) is 29.8 Å². The summed E-state index contributed by atoms with van der Waals surface area (Å²) in [7, 11) is 0. The molecule has 0 spiro atoms. The number of nitrogens with one attached hydrogen (secondary N) is 1. The summed E-state index contributed by atoms with van der Waals surface area (Å²) < 4.78 is 25.1. The van der Waals surface area contributed by atoms with Gasteiger partial charge in [0, 0.05) is 0 Å². The summed E-state index contributed by atoms with van der Waals surface area (Å²) in [6, 6.07) is 3.23. The molecule has 0 aliphatic carbocycles. The second-order valence-electron chi connectivity index (χ2n) is 1.96. The predicted molar refractivity (Wildman–Crippen MR) is 43.8 cm³/mol. The van der Waals surface area contributed by atoms with Crippen molar-refractivity contribution in [2.45, 2.75) is 0 Å². The predicted octanol–water partition coefficient (Wildman–Crippen LogP) is 2.26. The number of hydrogen-bond donors (Lipinski definition) is 2. The van der Waals surface area contributed by atoms with Gasteiger partial charge in [0.05, 0.1) is 11.6 Å². The molecule has 0 saturated carbocycles. The minimum absolute atomic E-state index is 0.139.